The van der Waals surface area contributed by atoms with Crippen LogP contribution in [-0.4, -0.2) is 28.9 Å². The highest BCUT2D eigenvalue weighted by molar-refractivity contribution is 6.08. The van der Waals surface area contributed by atoms with Crippen LogP contribution in [0.15, 0.2) is 77.4 Å². The third-order valence-electron chi connectivity index (χ3n) is 4.05. The van der Waals surface area contributed by atoms with Gasteiger partial charge in [0, 0.05) is 6.42 Å². The van der Waals surface area contributed by atoms with Gasteiger partial charge in [-0.2, -0.15) is 0 Å². The zero-order valence-electron chi connectivity index (χ0n) is 14.8. The van der Waals surface area contributed by atoms with Gasteiger partial charge >= 0.3 is 5.97 Å². The summed E-state index contributed by atoms with van der Waals surface area (Å²) in [5.74, 6) is -2.15. The fraction of sp³-hybridized carbons (Fsp3) is 0.0952. The lowest BCUT2D eigenvalue weighted by Gasteiger charge is -2.16. The molecule has 0 saturated carbocycles. The Labute approximate surface area is 161 Å². The molecule has 7 nitrogen and oxygen atoms in total. The Bertz CT molecular complexity index is 967. The lowest BCUT2D eigenvalue weighted by atomic mass is 10.1. The molecule has 142 valence electrons. The van der Waals surface area contributed by atoms with Crippen LogP contribution in [0, 0.1) is 0 Å². The third-order valence-corrected chi connectivity index (χ3v) is 4.05. The third kappa shape index (κ3) is 4.64. The van der Waals surface area contributed by atoms with Crippen LogP contribution in [-0.2, 0) is 11.2 Å². The highest BCUT2D eigenvalue weighted by Gasteiger charge is 2.23. The Morgan fingerprint density at radius 1 is 0.893 bits per heavy atom. The van der Waals surface area contributed by atoms with E-state index in [4.69, 9.17) is 4.42 Å². The molecule has 7 heteroatoms. The highest BCUT2D eigenvalue weighted by atomic mass is 16.4. The van der Waals surface area contributed by atoms with Gasteiger partial charge in [-0.1, -0.05) is 42.5 Å². The fourth-order valence-electron chi connectivity index (χ4n) is 2.67. The number of anilines is 1. The summed E-state index contributed by atoms with van der Waals surface area (Å²) in [7, 11) is 0. The van der Waals surface area contributed by atoms with Gasteiger partial charge in [0.05, 0.1) is 17.5 Å². The van der Waals surface area contributed by atoms with Gasteiger partial charge in [0.15, 0.2) is 5.76 Å². The van der Waals surface area contributed by atoms with Crippen molar-refractivity contribution < 1.29 is 23.9 Å². The monoisotopic (exact) mass is 378 g/mol. The molecule has 3 rings (SSSR count). The molecule has 0 unspecified atom stereocenters. The zero-order valence-corrected chi connectivity index (χ0v) is 14.8. The van der Waals surface area contributed by atoms with E-state index in [1.165, 1.54) is 18.4 Å². The van der Waals surface area contributed by atoms with E-state index in [1.807, 2.05) is 6.07 Å². The van der Waals surface area contributed by atoms with Crippen LogP contribution < -0.4 is 10.6 Å². The van der Waals surface area contributed by atoms with E-state index in [2.05, 4.69) is 10.6 Å². The van der Waals surface area contributed by atoms with Crippen molar-refractivity contribution >= 4 is 23.5 Å². The van der Waals surface area contributed by atoms with Crippen molar-refractivity contribution in [3.8, 4) is 0 Å². The van der Waals surface area contributed by atoms with Crippen LogP contribution in [0.3, 0.4) is 0 Å². The number of carbonyl (C=O) groups is 3. The van der Waals surface area contributed by atoms with E-state index in [0.717, 1.165) is 5.56 Å². The van der Waals surface area contributed by atoms with Gasteiger partial charge < -0.3 is 20.2 Å². The first kappa shape index (κ1) is 18.9. The SMILES string of the molecule is O=C(Nc1ccccc1C(=O)N[C@H](Cc1ccccc1)C(=O)O)c1ccco1. The van der Waals surface area contributed by atoms with E-state index in [-0.39, 0.29) is 23.4 Å². The van der Waals surface area contributed by atoms with Crippen LogP contribution in [0.4, 0.5) is 5.69 Å². The summed E-state index contributed by atoms with van der Waals surface area (Å²) in [5.41, 5.74) is 1.20. The molecule has 3 N–H and O–H groups in total. The quantitative estimate of drug-likeness (QED) is 0.586. The summed E-state index contributed by atoms with van der Waals surface area (Å²) >= 11 is 0. The number of benzene rings is 2. The minimum absolute atomic E-state index is 0.0997. The van der Waals surface area contributed by atoms with Crippen LogP contribution in [0.2, 0.25) is 0 Å². The number of hydrogen-bond donors (Lipinski definition) is 3. The molecule has 0 spiro atoms. The van der Waals surface area contributed by atoms with Gasteiger partial charge in [-0.25, -0.2) is 4.79 Å². The maximum absolute atomic E-state index is 12.7. The summed E-state index contributed by atoms with van der Waals surface area (Å²) in [6.07, 6.45) is 1.51. The normalized spacial score (nSPS) is 11.4. The average Bonchev–Trinajstić information content (AvgIpc) is 3.23. The molecule has 2 amide bonds. The Balaban J connectivity index is 1.76. The van der Waals surface area contributed by atoms with E-state index in [0.29, 0.717) is 0 Å². The molecule has 28 heavy (non-hydrogen) atoms. The molecule has 0 radical (unpaired) electrons. The van der Waals surface area contributed by atoms with Gasteiger partial charge in [-0.05, 0) is 29.8 Å². The largest absolute Gasteiger partial charge is 0.480 e. The van der Waals surface area contributed by atoms with Crippen LogP contribution in [0.25, 0.3) is 0 Å². The highest BCUT2D eigenvalue weighted by Crippen LogP contribution is 2.17. The maximum atomic E-state index is 12.7. The van der Waals surface area contributed by atoms with Gasteiger partial charge in [0.25, 0.3) is 11.8 Å². The Morgan fingerprint density at radius 2 is 1.61 bits per heavy atom. The summed E-state index contributed by atoms with van der Waals surface area (Å²) in [6.45, 7) is 0. The van der Waals surface area contributed by atoms with E-state index in [9.17, 15) is 19.5 Å². The fourth-order valence-corrected chi connectivity index (χ4v) is 2.67. The van der Waals surface area contributed by atoms with Crippen molar-refractivity contribution in [2.24, 2.45) is 0 Å². The number of hydrogen-bond acceptors (Lipinski definition) is 4. The van der Waals surface area contributed by atoms with Crippen molar-refractivity contribution in [1.29, 1.82) is 0 Å². The molecule has 0 aliphatic heterocycles. The smallest absolute Gasteiger partial charge is 0.326 e. The number of aliphatic carboxylic acids is 1. The molecule has 0 bridgehead atoms. The number of para-hydroxylation sites is 1. The minimum Gasteiger partial charge on any atom is -0.480 e. The van der Waals surface area contributed by atoms with Gasteiger partial charge in [0.1, 0.15) is 6.04 Å². The van der Waals surface area contributed by atoms with Gasteiger partial charge in [0.2, 0.25) is 0 Å². The van der Waals surface area contributed by atoms with Crippen LogP contribution >= 0.6 is 0 Å². The number of carbonyl (C=O) groups excluding carboxylic acids is 2. The van der Waals surface area contributed by atoms with Crippen molar-refractivity contribution in [2.75, 3.05) is 5.32 Å². The van der Waals surface area contributed by atoms with Gasteiger partial charge in [-0.3, -0.25) is 9.59 Å². The number of furan rings is 1. The van der Waals surface area contributed by atoms with Crippen LogP contribution in [0.5, 0.6) is 0 Å². The standard InChI is InChI=1S/C21H18N2O5/c24-19(23-17(21(26)27)13-14-7-2-1-3-8-14)15-9-4-5-10-16(15)22-20(25)18-11-6-12-28-18/h1-12,17H,13H2,(H,22,25)(H,23,24)(H,26,27)/t17-/m1/s1. The van der Waals surface area contributed by atoms with Crippen molar-refractivity contribution in [3.05, 3.63) is 89.9 Å². The molecule has 2 aromatic carbocycles. The zero-order chi connectivity index (χ0) is 19.9. The summed E-state index contributed by atoms with van der Waals surface area (Å²) in [4.78, 5) is 36.5. The molecule has 3 aromatic rings. The minimum atomic E-state index is -1.14. The topological polar surface area (TPSA) is 109 Å². The molecular formula is C21H18N2O5. The molecule has 1 heterocycles. The molecule has 0 saturated heterocycles. The Morgan fingerprint density at radius 3 is 2.29 bits per heavy atom. The summed E-state index contributed by atoms with van der Waals surface area (Å²) < 4.78 is 5.04. The molecule has 0 aliphatic carbocycles. The number of amides is 2. The maximum Gasteiger partial charge on any atom is 0.326 e. The molecule has 0 fully saturated rings. The van der Waals surface area contributed by atoms with E-state index in [1.54, 1.807) is 48.5 Å². The van der Waals surface area contributed by atoms with Crippen molar-refractivity contribution in [1.82, 2.24) is 5.32 Å². The van der Waals surface area contributed by atoms with Crippen molar-refractivity contribution in [2.45, 2.75) is 12.5 Å². The van der Waals surface area contributed by atoms with Crippen LogP contribution in [0.1, 0.15) is 26.5 Å². The number of carboxylic acids is 1. The lowest BCUT2D eigenvalue weighted by molar-refractivity contribution is -0.139. The summed E-state index contributed by atoms with van der Waals surface area (Å²) in [5, 5.41) is 14.6. The first-order chi connectivity index (χ1) is 13.5. The van der Waals surface area contributed by atoms with Gasteiger partial charge in [-0.15, -0.1) is 0 Å². The molecular weight excluding hydrogens is 360 g/mol. The predicted octanol–water partition coefficient (Wildman–Crippen LogP) is 2.96. The van der Waals surface area contributed by atoms with E-state index >= 15 is 0 Å². The lowest BCUT2D eigenvalue weighted by Crippen LogP contribution is -2.42. The molecule has 0 aliphatic rings. The Hall–Kier alpha value is -3.87. The number of rotatable bonds is 7. The average molecular weight is 378 g/mol. The second-order valence-corrected chi connectivity index (χ2v) is 6.03. The second kappa shape index (κ2) is 8.68. The number of carboxylic acid groups (broad SMARTS) is 1. The molecule has 1 aromatic heterocycles. The number of nitrogens with one attached hydrogen (secondary N) is 2. The Kier molecular flexibility index (Phi) is 5.86. The first-order valence-corrected chi connectivity index (χ1v) is 8.56. The first-order valence-electron chi connectivity index (χ1n) is 8.56. The van der Waals surface area contributed by atoms with Crippen molar-refractivity contribution in [3.63, 3.8) is 0 Å². The second-order valence-electron chi connectivity index (χ2n) is 6.03. The molecule has 1 atom stereocenters. The van der Waals surface area contributed by atoms with E-state index < -0.39 is 23.8 Å². The summed E-state index contributed by atoms with van der Waals surface area (Å²) in [6, 6.07) is 17.3. The predicted molar refractivity (Wildman–Crippen MR) is 102 cm³/mol.